The van der Waals surface area contributed by atoms with Crippen LogP contribution in [0.25, 0.3) is 0 Å². The SMILES string of the molecule is CC12c3c4ccc(O)c3O[C@H]1C(=O)CC[C@@]2(OCc1ccccc1)[C@H](O)C4. The molecule has 2 N–H and O–H groups in total. The van der Waals surface area contributed by atoms with E-state index in [1.165, 1.54) is 0 Å². The maximum atomic E-state index is 12.7. The number of phenols is 1. The van der Waals surface area contributed by atoms with Gasteiger partial charge in [-0.3, -0.25) is 4.79 Å². The largest absolute Gasteiger partial charge is 0.504 e. The summed E-state index contributed by atoms with van der Waals surface area (Å²) in [5.74, 6) is 0.396. The topological polar surface area (TPSA) is 76.0 Å². The number of rotatable bonds is 3. The Morgan fingerprint density at radius 3 is 2.78 bits per heavy atom. The smallest absolute Gasteiger partial charge is 0.174 e. The van der Waals surface area contributed by atoms with Crippen molar-refractivity contribution >= 4 is 5.78 Å². The van der Waals surface area contributed by atoms with Crippen LogP contribution >= 0.6 is 0 Å². The zero-order chi connectivity index (χ0) is 18.8. The molecule has 2 aliphatic carbocycles. The summed E-state index contributed by atoms with van der Waals surface area (Å²) in [4.78, 5) is 12.7. The Kier molecular flexibility index (Phi) is 3.46. The van der Waals surface area contributed by atoms with Gasteiger partial charge in [-0.2, -0.15) is 0 Å². The standard InChI is InChI=1S/C22H22O5/c1-21-18-14-7-8-15(23)19(18)27-20(21)16(24)9-10-22(21,17(25)11-14)26-12-13-5-3-2-4-6-13/h2-8,17,20,23,25H,9-12H2,1H3/t17-,20+,21?,22-/m1/s1. The van der Waals surface area contributed by atoms with E-state index < -0.39 is 23.2 Å². The van der Waals surface area contributed by atoms with E-state index in [1.54, 1.807) is 6.07 Å². The van der Waals surface area contributed by atoms with Crippen molar-refractivity contribution in [2.24, 2.45) is 0 Å². The number of hydrogen-bond donors (Lipinski definition) is 2. The molecule has 3 aliphatic rings. The Morgan fingerprint density at radius 2 is 2.00 bits per heavy atom. The Hall–Kier alpha value is -2.37. The molecule has 0 bridgehead atoms. The number of hydrogen-bond acceptors (Lipinski definition) is 5. The van der Waals surface area contributed by atoms with Gasteiger partial charge < -0.3 is 19.7 Å². The summed E-state index contributed by atoms with van der Waals surface area (Å²) in [7, 11) is 0. The van der Waals surface area contributed by atoms with Crippen molar-refractivity contribution in [1.29, 1.82) is 0 Å². The third-order valence-corrected chi connectivity index (χ3v) is 6.71. The molecule has 2 aromatic rings. The molecule has 1 aliphatic heterocycles. The van der Waals surface area contributed by atoms with Gasteiger partial charge >= 0.3 is 0 Å². The lowest BCUT2D eigenvalue weighted by atomic mass is 9.53. The minimum absolute atomic E-state index is 0.00733. The second kappa shape index (κ2) is 5.57. The van der Waals surface area contributed by atoms with Crippen LogP contribution in [0.4, 0.5) is 0 Å². The fourth-order valence-electron chi connectivity index (χ4n) is 5.35. The van der Waals surface area contributed by atoms with E-state index in [1.807, 2.05) is 43.3 Å². The molecule has 1 saturated carbocycles. The van der Waals surface area contributed by atoms with Crippen molar-refractivity contribution in [3.63, 3.8) is 0 Å². The summed E-state index contributed by atoms with van der Waals surface area (Å²) in [6, 6.07) is 13.2. The van der Waals surface area contributed by atoms with Crippen LogP contribution in [0, 0.1) is 0 Å². The van der Waals surface area contributed by atoms with Gasteiger partial charge in [0.15, 0.2) is 23.4 Å². The Bertz CT molecular complexity index is 924. The summed E-state index contributed by atoms with van der Waals surface area (Å²) in [5.41, 5.74) is 0.968. The first-order valence-electron chi connectivity index (χ1n) is 9.38. The van der Waals surface area contributed by atoms with Gasteiger partial charge in [0.1, 0.15) is 5.60 Å². The summed E-state index contributed by atoms with van der Waals surface area (Å²) in [6.07, 6.45) is -0.370. The average Bonchev–Trinajstić information content (AvgIpc) is 3.00. The van der Waals surface area contributed by atoms with Gasteiger partial charge in [0, 0.05) is 18.4 Å². The first-order valence-corrected chi connectivity index (χ1v) is 9.38. The van der Waals surface area contributed by atoms with Gasteiger partial charge in [0.25, 0.3) is 0 Å². The van der Waals surface area contributed by atoms with Crippen molar-refractivity contribution in [1.82, 2.24) is 0 Å². The number of aliphatic hydroxyl groups is 1. The van der Waals surface area contributed by atoms with Crippen molar-refractivity contribution in [3.8, 4) is 11.5 Å². The molecular formula is C22H22O5. The summed E-state index contributed by atoms with van der Waals surface area (Å²) < 4.78 is 12.4. The van der Waals surface area contributed by atoms with E-state index in [0.717, 1.165) is 16.7 Å². The second-order valence-corrected chi connectivity index (χ2v) is 8.00. The third-order valence-electron chi connectivity index (χ3n) is 6.71. The van der Waals surface area contributed by atoms with Gasteiger partial charge in [-0.15, -0.1) is 0 Å². The Balaban J connectivity index is 1.65. The molecule has 5 heteroatoms. The van der Waals surface area contributed by atoms with Crippen LogP contribution in [0.15, 0.2) is 42.5 Å². The van der Waals surface area contributed by atoms with Crippen LogP contribution in [-0.4, -0.2) is 33.8 Å². The van der Waals surface area contributed by atoms with Crippen molar-refractivity contribution in [2.75, 3.05) is 0 Å². The predicted molar refractivity (Wildman–Crippen MR) is 97.8 cm³/mol. The number of Topliss-reactive ketones (excluding diaryl/α,β-unsaturated/α-hetero) is 1. The monoisotopic (exact) mass is 366 g/mol. The van der Waals surface area contributed by atoms with Crippen LogP contribution in [0.5, 0.6) is 11.5 Å². The quantitative estimate of drug-likeness (QED) is 0.873. The lowest BCUT2D eigenvalue weighted by Gasteiger charge is -2.56. The maximum absolute atomic E-state index is 12.7. The number of carbonyl (C=O) groups is 1. The minimum Gasteiger partial charge on any atom is -0.504 e. The first-order chi connectivity index (χ1) is 13.0. The zero-order valence-corrected chi connectivity index (χ0v) is 15.1. The van der Waals surface area contributed by atoms with E-state index in [0.29, 0.717) is 25.2 Å². The average molecular weight is 366 g/mol. The fourth-order valence-corrected chi connectivity index (χ4v) is 5.35. The normalized spacial score (nSPS) is 33.5. The molecule has 27 heavy (non-hydrogen) atoms. The van der Waals surface area contributed by atoms with E-state index >= 15 is 0 Å². The number of aliphatic hydroxyl groups excluding tert-OH is 1. The second-order valence-electron chi connectivity index (χ2n) is 8.00. The number of ether oxygens (including phenoxy) is 2. The number of aromatic hydroxyl groups is 1. The number of phenolic OH excluding ortho intramolecular Hbond substituents is 1. The van der Waals surface area contributed by atoms with Gasteiger partial charge in [-0.05, 0) is 30.5 Å². The highest BCUT2D eigenvalue weighted by atomic mass is 16.5. The van der Waals surface area contributed by atoms with Crippen LogP contribution < -0.4 is 4.74 Å². The lowest BCUT2D eigenvalue weighted by Crippen LogP contribution is -2.69. The van der Waals surface area contributed by atoms with Crippen LogP contribution in [0.3, 0.4) is 0 Å². The van der Waals surface area contributed by atoms with Crippen LogP contribution in [0.2, 0.25) is 0 Å². The Labute approximate surface area is 157 Å². The zero-order valence-electron chi connectivity index (χ0n) is 15.1. The fraction of sp³-hybridized carbons (Fsp3) is 0.409. The first kappa shape index (κ1) is 16.8. The molecule has 5 rings (SSSR count). The van der Waals surface area contributed by atoms with Gasteiger partial charge in [0.05, 0.1) is 18.1 Å². The van der Waals surface area contributed by atoms with Crippen molar-refractivity contribution in [2.45, 2.75) is 56.0 Å². The van der Waals surface area contributed by atoms with Gasteiger partial charge in [-0.25, -0.2) is 0 Å². The summed E-state index contributed by atoms with van der Waals surface area (Å²) in [5, 5.41) is 21.5. The molecule has 0 radical (unpaired) electrons. The molecule has 0 saturated heterocycles. The molecule has 0 amide bonds. The summed E-state index contributed by atoms with van der Waals surface area (Å²) in [6.45, 7) is 2.29. The van der Waals surface area contributed by atoms with Gasteiger partial charge in [-0.1, -0.05) is 36.4 Å². The van der Waals surface area contributed by atoms with E-state index in [-0.39, 0.29) is 18.0 Å². The van der Waals surface area contributed by atoms with E-state index in [9.17, 15) is 15.0 Å². The highest BCUT2D eigenvalue weighted by Gasteiger charge is 2.70. The highest BCUT2D eigenvalue weighted by molar-refractivity contribution is 5.89. The third kappa shape index (κ3) is 2.04. The van der Waals surface area contributed by atoms with Crippen molar-refractivity contribution in [3.05, 3.63) is 59.2 Å². The molecule has 1 unspecified atom stereocenters. The molecule has 0 spiro atoms. The molecule has 1 fully saturated rings. The molecule has 2 aromatic carbocycles. The summed E-state index contributed by atoms with van der Waals surface area (Å²) >= 11 is 0. The number of ketones is 1. The predicted octanol–water partition coefficient (Wildman–Crippen LogP) is 2.65. The highest BCUT2D eigenvalue weighted by Crippen LogP contribution is 2.62. The minimum atomic E-state index is -0.937. The molecular weight excluding hydrogens is 344 g/mol. The number of benzene rings is 2. The molecule has 0 aromatic heterocycles. The van der Waals surface area contributed by atoms with Crippen molar-refractivity contribution < 1.29 is 24.5 Å². The maximum Gasteiger partial charge on any atom is 0.174 e. The van der Waals surface area contributed by atoms with Gasteiger partial charge in [0.2, 0.25) is 0 Å². The Morgan fingerprint density at radius 1 is 1.22 bits per heavy atom. The molecule has 4 atom stereocenters. The lowest BCUT2D eigenvalue weighted by molar-refractivity contribution is -0.207. The van der Waals surface area contributed by atoms with Crippen LogP contribution in [-0.2, 0) is 28.0 Å². The molecule has 140 valence electrons. The van der Waals surface area contributed by atoms with E-state index in [4.69, 9.17) is 9.47 Å². The molecule has 5 nitrogen and oxygen atoms in total. The van der Waals surface area contributed by atoms with E-state index in [2.05, 4.69) is 0 Å². The van der Waals surface area contributed by atoms with Crippen LogP contribution in [0.1, 0.15) is 36.5 Å². The molecule has 1 heterocycles. The number of carbonyl (C=O) groups excluding carboxylic acids is 1.